The lowest BCUT2D eigenvalue weighted by Crippen LogP contribution is -2.23. The molecule has 1 N–H and O–H groups in total. The van der Waals surface area contributed by atoms with Crippen LogP contribution in [-0.4, -0.2) is 24.0 Å². The summed E-state index contributed by atoms with van der Waals surface area (Å²) in [6.45, 7) is 3.21. The number of hydrogen-bond acceptors (Lipinski definition) is 4. The van der Waals surface area contributed by atoms with E-state index in [1.54, 1.807) is 12.3 Å². The molecule has 0 fully saturated rings. The lowest BCUT2D eigenvalue weighted by Gasteiger charge is -2.06. The third kappa shape index (κ3) is 5.79. The lowest BCUT2D eigenvalue weighted by atomic mass is 10.2. The van der Waals surface area contributed by atoms with Crippen LogP contribution in [0, 0.1) is 6.92 Å². The SMILES string of the molecule is Cc1ccc(OCCCNC(=O)/C=C\c2nccs2)cc1. The van der Waals surface area contributed by atoms with Gasteiger partial charge in [-0.05, 0) is 31.6 Å². The van der Waals surface area contributed by atoms with Crippen LogP contribution in [0.1, 0.15) is 17.0 Å². The molecule has 1 aromatic carbocycles. The summed E-state index contributed by atoms with van der Waals surface area (Å²) in [7, 11) is 0. The first-order valence-corrected chi connectivity index (χ1v) is 7.67. The average molecular weight is 302 g/mol. The Hall–Kier alpha value is -2.14. The first kappa shape index (κ1) is 15.3. The number of aromatic nitrogens is 1. The van der Waals surface area contributed by atoms with E-state index in [0.29, 0.717) is 13.2 Å². The number of thiazole rings is 1. The molecule has 2 rings (SSSR count). The Labute approximate surface area is 128 Å². The van der Waals surface area contributed by atoms with E-state index in [1.807, 2.05) is 36.6 Å². The van der Waals surface area contributed by atoms with Crippen molar-refractivity contribution >= 4 is 23.3 Å². The van der Waals surface area contributed by atoms with Crippen molar-refractivity contribution in [2.45, 2.75) is 13.3 Å². The molecule has 0 aliphatic rings. The number of carbonyl (C=O) groups is 1. The minimum atomic E-state index is -0.111. The van der Waals surface area contributed by atoms with Crippen LogP contribution in [0.5, 0.6) is 5.75 Å². The van der Waals surface area contributed by atoms with Gasteiger partial charge in [0.05, 0.1) is 6.61 Å². The van der Waals surface area contributed by atoms with E-state index < -0.39 is 0 Å². The molecule has 1 aromatic heterocycles. The molecule has 1 heterocycles. The molecule has 21 heavy (non-hydrogen) atoms. The van der Waals surface area contributed by atoms with Gasteiger partial charge in [-0.1, -0.05) is 17.7 Å². The lowest BCUT2D eigenvalue weighted by molar-refractivity contribution is -0.116. The van der Waals surface area contributed by atoms with Crippen molar-refractivity contribution in [2.24, 2.45) is 0 Å². The number of carbonyl (C=O) groups excluding carboxylic acids is 1. The van der Waals surface area contributed by atoms with Gasteiger partial charge in [0.1, 0.15) is 10.8 Å². The van der Waals surface area contributed by atoms with E-state index in [2.05, 4.69) is 10.3 Å². The Morgan fingerprint density at radius 1 is 1.38 bits per heavy atom. The second-order valence-corrected chi connectivity index (χ2v) is 5.44. The van der Waals surface area contributed by atoms with Crippen molar-refractivity contribution in [3.05, 3.63) is 52.5 Å². The summed E-state index contributed by atoms with van der Waals surface area (Å²) in [5.41, 5.74) is 1.21. The van der Waals surface area contributed by atoms with E-state index in [9.17, 15) is 4.79 Å². The van der Waals surface area contributed by atoms with Gasteiger partial charge in [0, 0.05) is 24.2 Å². The molecule has 0 radical (unpaired) electrons. The molecule has 110 valence electrons. The summed E-state index contributed by atoms with van der Waals surface area (Å²) < 4.78 is 5.58. The number of benzene rings is 1. The first-order valence-electron chi connectivity index (χ1n) is 6.79. The fraction of sp³-hybridized carbons (Fsp3) is 0.250. The first-order chi connectivity index (χ1) is 10.2. The minimum Gasteiger partial charge on any atom is -0.494 e. The third-order valence-electron chi connectivity index (χ3n) is 2.74. The van der Waals surface area contributed by atoms with Crippen molar-refractivity contribution in [3.63, 3.8) is 0 Å². The van der Waals surface area contributed by atoms with Gasteiger partial charge in [-0.3, -0.25) is 4.79 Å². The highest BCUT2D eigenvalue weighted by Crippen LogP contribution is 2.11. The summed E-state index contributed by atoms with van der Waals surface area (Å²) in [5, 5.41) is 5.51. The molecule has 0 saturated heterocycles. The monoisotopic (exact) mass is 302 g/mol. The van der Waals surface area contributed by atoms with E-state index in [4.69, 9.17) is 4.74 Å². The molecule has 1 amide bonds. The molecule has 0 spiro atoms. The second-order valence-electron chi connectivity index (χ2n) is 4.51. The van der Waals surface area contributed by atoms with Gasteiger partial charge < -0.3 is 10.1 Å². The maximum atomic E-state index is 11.5. The van der Waals surface area contributed by atoms with Crippen LogP contribution in [0.2, 0.25) is 0 Å². The summed E-state index contributed by atoms with van der Waals surface area (Å²) in [6, 6.07) is 7.93. The summed E-state index contributed by atoms with van der Waals surface area (Å²) in [4.78, 5) is 15.6. The van der Waals surface area contributed by atoms with Crippen LogP contribution in [0.3, 0.4) is 0 Å². The van der Waals surface area contributed by atoms with Gasteiger partial charge in [0.25, 0.3) is 0 Å². The third-order valence-corrected chi connectivity index (χ3v) is 3.48. The van der Waals surface area contributed by atoms with Crippen LogP contribution in [0.25, 0.3) is 6.08 Å². The summed E-state index contributed by atoms with van der Waals surface area (Å²) >= 11 is 1.50. The standard InChI is InChI=1S/C16H18N2O2S/c1-13-3-5-14(6-4-13)20-11-2-9-17-15(19)7-8-16-18-10-12-21-16/h3-8,10,12H,2,9,11H2,1H3,(H,17,19)/b8-7-. The molecule has 0 atom stereocenters. The van der Waals surface area contributed by atoms with E-state index in [1.165, 1.54) is 23.0 Å². The molecule has 0 bridgehead atoms. The molecule has 4 nitrogen and oxygen atoms in total. The fourth-order valence-corrected chi connectivity index (χ4v) is 2.16. The van der Waals surface area contributed by atoms with Gasteiger partial charge in [0.2, 0.25) is 5.91 Å². The number of aryl methyl sites for hydroxylation is 1. The topological polar surface area (TPSA) is 51.2 Å². The van der Waals surface area contributed by atoms with E-state index in [-0.39, 0.29) is 5.91 Å². The predicted octanol–water partition coefficient (Wildman–Crippen LogP) is 3.05. The minimum absolute atomic E-state index is 0.111. The van der Waals surface area contributed by atoms with E-state index >= 15 is 0 Å². The quantitative estimate of drug-likeness (QED) is 0.632. The molecule has 0 saturated carbocycles. The second kappa shape index (κ2) is 8.21. The number of nitrogens with one attached hydrogen (secondary N) is 1. The molecule has 0 aliphatic heterocycles. The fourth-order valence-electron chi connectivity index (χ4n) is 1.63. The number of ether oxygens (including phenoxy) is 1. The van der Waals surface area contributed by atoms with Gasteiger partial charge in [0.15, 0.2) is 0 Å². The maximum absolute atomic E-state index is 11.5. The zero-order valence-electron chi connectivity index (χ0n) is 11.9. The zero-order chi connectivity index (χ0) is 14.9. The number of rotatable bonds is 7. The molecular weight excluding hydrogens is 284 g/mol. The van der Waals surface area contributed by atoms with Gasteiger partial charge >= 0.3 is 0 Å². The van der Waals surface area contributed by atoms with Crippen molar-refractivity contribution in [2.75, 3.05) is 13.2 Å². The normalized spacial score (nSPS) is 10.7. The zero-order valence-corrected chi connectivity index (χ0v) is 12.7. The Morgan fingerprint density at radius 2 is 2.19 bits per heavy atom. The largest absolute Gasteiger partial charge is 0.494 e. The van der Waals surface area contributed by atoms with Crippen LogP contribution in [0.4, 0.5) is 0 Å². The molecular formula is C16H18N2O2S. The van der Waals surface area contributed by atoms with Crippen molar-refractivity contribution in [3.8, 4) is 5.75 Å². The van der Waals surface area contributed by atoms with Crippen molar-refractivity contribution in [1.29, 1.82) is 0 Å². The number of amides is 1. The Morgan fingerprint density at radius 3 is 2.90 bits per heavy atom. The van der Waals surface area contributed by atoms with Gasteiger partial charge in [-0.25, -0.2) is 4.98 Å². The Bertz CT molecular complexity index is 577. The number of hydrogen-bond donors (Lipinski definition) is 1. The van der Waals surface area contributed by atoms with Crippen LogP contribution in [0.15, 0.2) is 41.9 Å². The van der Waals surface area contributed by atoms with Crippen LogP contribution in [-0.2, 0) is 4.79 Å². The highest BCUT2D eigenvalue weighted by Gasteiger charge is 1.97. The van der Waals surface area contributed by atoms with E-state index in [0.717, 1.165) is 17.2 Å². The molecule has 5 heteroatoms. The summed E-state index contributed by atoms with van der Waals surface area (Å²) in [5.74, 6) is 0.746. The summed E-state index contributed by atoms with van der Waals surface area (Å²) in [6.07, 6.45) is 5.69. The highest BCUT2D eigenvalue weighted by atomic mass is 32.1. The molecule has 0 unspecified atom stereocenters. The van der Waals surface area contributed by atoms with Crippen LogP contribution < -0.4 is 10.1 Å². The predicted molar refractivity (Wildman–Crippen MR) is 85.4 cm³/mol. The van der Waals surface area contributed by atoms with Crippen LogP contribution >= 0.6 is 11.3 Å². The Balaban J connectivity index is 1.59. The van der Waals surface area contributed by atoms with Crippen molar-refractivity contribution in [1.82, 2.24) is 10.3 Å². The Kier molecular flexibility index (Phi) is 5.97. The number of nitrogens with zero attached hydrogens (tertiary/aromatic N) is 1. The molecule has 2 aromatic rings. The smallest absolute Gasteiger partial charge is 0.244 e. The molecule has 0 aliphatic carbocycles. The average Bonchev–Trinajstić information content (AvgIpc) is 3.00. The highest BCUT2D eigenvalue weighted by molar-refractivity contribution is 7.10. The van der Waals surface area contributed by atoms with Gasteiger partial charge in [-0.2, -0.15) is 0 Å². The maximum Gasteiger partial charge on any atom is 0.244 e. The van der Waals surface area contributed by atoms with Gasteiger partial charge in [-0.15, -0.1) is 11.3 Å². The van der Waals surface area contributed by atoms with Crippen molar-refractivity contribution < 1.29 is 9.53 Å².